The van der Waals surface area contributed by atoms with Crippen LogP contribution in [0.2, 0.25) is 0 Å². The minimum Gasteiger partial charge on any atom is -0.321 e. The van der Waals surface area contributed by atoms with Gasteiger partial charge >= 0.3 is 0 Å². The van der Waals surface area contributed by atoms with Crippen LogP contribution in [-0.2, 0) is 6.54 Å². The quantitative estimate of drug-likeness (QED) is 0.430. The van der Waals surface area contributed by atoms with Crippen molar-refractivity contribution in [2.75, 3.05) is 25.5 Å². The van der Waals surface area contributed by atoms with Crippen LogP contribution in [-0.4, -0.2) is 58.2 Å². The number of carbonyl (C=O) groups excluding carboxylic acids is 1. The third-order valence-corrected chi connectivity index (χ3v) is 8.32. The summed E-state index contributed by atoms with van der Waals surface area (Å²) in [6.45, 7) is 5.19. The third kappa shape index (κ3) is 4.27. The Morgan fingerprint density at radius 3 is 2.49 bits per heavy atom. The molecular weight excluding hydrogens is 496 g/mol. The number of nitrogens with zero attached hydrogens (tertiary/aromatic N) is 5. The van der Waals surface area contributed by atoms with Gasteiger partial charge in [-0.25, -0.2) is 13.8 Å². The van der Waals surface area contributed by atoms with E-state index in [1.807, 2.05) is 23.7 Å². The Kier molecular flexibility index (Phi) is 6.38. The predicted molar refractivity (Wildman–Crippen MR) is 148 cm³/mol. The average Bonchev–Trinajstić information content (AvgIpc) is 3.48. The highest BCUT2D eigenvalue weighted by molar-refractivity contribution is 6.00. The molecule has 6 rings (SSSR count). The van der Waals surface area contributed by atoms with Gasteiger partial charge in [0.2, 0.25) is 0 Å². The minimum atomic E-state index is -0.621. The molecule has 3 aliphatic rings. The third-order valence-electron chi connectivity index (χ3n) is 8.32. The number of halogens is 2. The number of hydrogen-bond acceptors (Lipinski definition) is 4. The molecule has 1 saturated heterocycles. The summed E-state index contributed by atoms with van der Waals surface area (Å²) < 4.78 is 30.6. The molecule has 1 amide bonds. The SMILES string of the molecule is CC(C)C1CN2c3c(nc(-c4ccc([C@H]5C=CC=CC5)cc4)n3Cc3ccc(F)cc3F)C(=O)N(C)C2N1C. The van der Waals surface area contributed by atoms with Gasteiger partial charge in [-0.3, -0.25) is 9.69 Å². The summed E-state index contributed by atoms with van der Waals surface area (Å²) in [5, 5.41) is 0. The maximum Gasteiger partial charge on any atom is 0.278 e. The molecule has 0 saturated carbocycles. The molecule has 2 unspecified atom stereocenters. The van der Waals surface area contributed by atoms with E-state index in [0.717, 1.165) is 18.1 Å². The normalized spacial score (nSPS) is 22.6. The molecule has 0 radical (unpaired) electrons. The zero-order valence-electron chi connectivity index (χ0n) is 22.7. The van der Waals surface area contributed by atoms with E-state index in [9.17, 15) is 13.6 Å². The van der Waals surface area contributed by atoms with E-state index in [4.69, 9.17) is 4.98 Å². The van der Waals surface area contributed by atoms with Gasteiger partial charge in [0.05, 0.1) is 6.54 Å². The summed E-state index contributed by atoms with van der Waals surface area (Å²) in [5.41, 5.74) is 2.73. The number of imidazole rings is 1. The number of aromatic nitrogens is 2. The molecule has 3 aromatic rings. The van der Waals surface area contributed by atoms with E-state index >= 15 is 0 Å². The van der Waals surface area contributed by atoms with E-state index in [1.165, 1.54) is 17.7 Å². The van der Waals surface area contributed by atoms with Crippen LogP contribution in [0.1, 0.15) is 47.8 Å². The number of fused-ring (bicyclic) bond motifs is 3. The van der Waals surface area contributed by atoms with Crippen LogP contribution in [0.25, 0.3) is 11.4 Å². The Bertz CT molecular complexity index is 1470. The molecule has 2 aromatic carbocycles. The molecule has 1 fully saturated rings. The first-order valence-electron chi connectivity index (χ1n) is 13.5. The molecule has 2 aliphatic heterocycles. The van der Waals surface area contributed by atoms with Crippen LogP contribution >= 0.6 is 0 Å². The Hall–Kier alpha value is -3.78. The Morgan fingerprint density at radius 1 is 1.05 bits per heavy atom. The average molecular weight is 530 g/mol. The number of anilines is 1. The molecule has 0 N–H and O–H groups in total. The second-order valence-corrected chi connectivity index (χ2v) is 11.1. The Balaban J connectivity index is 1.49. The zero-order chi connectivity index (χ0) is 27.4. The highest BCUT2D eigenvalue weighted by atomic mass is 19.1. The van der Waals surface area contributed by atoms with Crippen LogP contribution in [0.5, 0.6) is 0 Å². The smallest absolute Gasteiger partial charge is 0.278 e. The molecule has 3 heterocycles. The van der Waals surface area contributed by atoms with Gasteiger partial charge in [0.1, 0.15) is 23.3 Å². The standard InChI is InChI=1S/C31H33F2N5O/c1-19(2)26-18-38-29-27(30(39)36(4)31(38)35(26)3)34-28(37(29)17-23-14-15-24(32)16-25(23)33)22-12-10-21(11-13-22)20-8-6-5-7-9-20/h5-8,10-16,19-20,26,31H,9,17-18H2,1-4H3/t20-,26?,31?/m0/s1. The summed E-state index contributed by atoms with van der Waals surface area (Å²) in [7, 11) is 3.85. The van der Waals surface area contributed by atoms with Gasteiger partial charge in [0, 0.05) is 42.7 Å². The fourth-order valence-electron chi connectivity index (χ4n) is 6.22. The summed E-state index contributed by atoms with van der Waals surface area (Å²) in [5.74, 6) is 0.546. The largest absolute Gasteiger partial charge is 0.321 e. The van der Waals surface area contributed by atoms with Gasteiger partial charge in [0.25, 0.3) is 5.91 Å². The summed E-state index contributed by atoms with van der Waals surface area (Å²) >= 11 is 0. The molecule has 8 heteroatoms. The van der Waals surface area contributed by atoms with Crippen LogP contribution in [0, 0.1) is 17.6 Å². The van der Waals surface area contributed by atoms with Crippen molar-refractivity contribution in [3.05, 3.63) is 95.2 Å². The molecule has 6 nitrogen and oxygen atoms in total. The first-order chi connectivity index (χ1) is 18.7. The second-order valence-electron chi connectivity index (χ2n) is 11.1. The molecule has 202 valence electrons. The first kappa shape index (κ1) is 25.5. The van der Waals surface area contributed by atoms with Gasteiger partial charge in [-0.2, -0.15) is 0 Å². The highest BCUT2D eigenvalue weighted by Crippen LogP contribution is 2.41. The van der Waals surface area contributed by atoms with Crippen LogP contribution in [0.15, 0.2) is 66.8 Å². The molecule has 0 spiro atoms. The van der Waals surface area contributed by atoms with Crippen molar-refractivity contribution in [3.8, 4) is 11.4 Å². The van der Waals surface area contributed by atoms with E-state index < -0.39 is 11.6 Å². The number of amides is 1. The second kappa shape index (κ2) is 9.75. The van der Waals surface area contributed by atoms with Crippen LogP contribution in [0.4, 0.5) is 14.6 Å². The lowest BCUT2D eigenvalue weighted by Gasteiger charge is -2.40. The maximum absolute atomic E-state index is 14.9. The van der Waals surface area contributed by atoms with Crippen LogP contribution in [0.3, 0.4) is 0 Å². The monoisotopic (exact) mass is 529 g/mol. The van der Waals surface area contributed by atoms with Gasteiger partial charge in [-0.1, -0.05) is 68.5 Å². The minimum absolute atomic E-state index is 0.123. The molecule has 1 aromatic heterocycles. The van der Waals surface area contributed by atoms with Crippen LogP contribution < -0.4 is 4.90 Å². The van der Waals surface area contributed by atoms with E-state index in [2.05, 4.69) is 60.1 Å². The van der Waals surface area contributed by atoms with Crippen molar-refractivity contribution in [2.45, 2.75) is 45.1 Å². The van der Waals surface area contributed by atoms with Gasteiger partial charge in [-0.15, -0.1) is 0 Å². The fraction of sp³-hybridized carbons (Fsp3) is 0.355. The summed E-state index contributed by atoms with van der Waals surface area (Å²) in [6, 6.07) is 12.1. The Labute approximate surface area is 227 Å². The van der Waals surface area contributed by atoms with Gasteiger partial charge < -0.3 is 14.4 Å². The van der Waals surface area contributed by atoms with Crippen molar-refractivity contribution in [3.63, 3.8) is 0 Å². The van der Waals surface area contributed by atoms with Crippen molar-refractivity contribution in [1.82, 2.24) is 19.4 Å². The number of rotatable bonds is 5. The van der Waals surface area contributed by atoms with Crippen molar-refractivity contribution < 1.29 is 13.6 Å². The number of allylic oxidation sites excluding steroid dienone is 4. The lowest BCUT2D eigenvalue weighted by Crippen LogP contribution is -2.56. The van der Waals surface area contributed by atoms with E-state index in [0.29, 0.717) is 41.3 Å². The lowest BCUT2D eigenvalue weighted by atomic mass is 9.92. The molecule has 0 bridgehead atoms. The van der Waals surface area contributed by atoms with Gasteiger partial charge in [0.15, 0.2) is 12.0 Å². The first-order valence-corrected chi connectivity index (χ1v) is 13.5. The van der Waals surface area contributed by atoms with E-state index in [1.54, 1.807) is 11.9 Å². The summed E-state index contributed by atoms with van der Waals surface area (Å²) in [4.78, 5) is 24.7. The number of benzene rings is 2. The predicted octanol–water partition coefficient (Wildman–Crippen LogP) is 5.62. The number of likely N-dealkylation sites (N-methyl/N-ethyl adjacent to an activating group) is 1. The molecular formula is C31H33F2N5O. The Morgan fingerprint density at radius 2 is 1.82 bits per heavy atom. The summed E-state index contributed by atoms with van der Waals surface area (Å²) in [6.07, 6.45) is 9.15. The molecule has 3 atom stereocenters. The topological polar surface area (TPSA) is 44.6 Å². The maximum atomic E-state index is 14.9. The molecule has 39 heavy (non-hydrogen) atoms. The zero-order valence-corrected chi connectivity index (χ0v) is 22.7. The molecule has 1 aliphatic carbocycles. The fourth-order valence-corrected chi connectivity index (χ4v) is 6.22. The van der Waals surface area contributed by atoms with Gasteiger partial charge in [-0.05, 0) is 31.0 Å². The lowest BCUT2D eigenvalue weighted by molar-refractivity contribution is 0.0469. The number of carbonyl (C=O) groups is 1. The van der Waals surface area contributed by atoms with Crippen molar-refractivity contribution in [1.29, 1.82) is 0 Å². The van der Waals surface area contributed by atoms with E-state index in [-0.39, 0.29) is 24.8 Å². The highest BCUT2D eigenvalue weighted by Gasteiger charge is 2.49. The number of hydrogen-bond donors (Lipinski definition) is 0. The van der Waals surface area contributed by atoms with Crippen molar-refractivity contribution in [2.24, 2.45) is 5.92 Å². The van der Waals surface area contributed by atoms with Crippen molar-refractivity contribution >= 4 is 11.7 Å².